The van der Waals surface area contributed by atoms with Gasteiger partial charge in [-0.2, -0.15) is 0 Å². The van der Waals surface area contributed by atoms with Crippen LogP contribution in [0.2, 0.25) is 0 Å². The Morgan fingerprint density at radius 2 is 1.84 bits per heavy atom. The van der Waals surface area contributed by atoms with Crippen molar-refractivity contribution in [2.45, 2.75) is 37.4 Å². The van der Waals surface area contributed by atoms with E-state index in [2.05, 4.69) is 10.6 Å². The molecule has 1 heterocycles. The van der Waals surface area contributed by atoms with Gasteiger partial charge in [0.25, 0.3) is 5.91 Å². The zero-order valence-corrected chi connectivity index (χ0v) is 20.1. The van der Waals surface area contributed by atoms with E-state index >= 15 is 0 Å². The normalized spacial score (nSPS) is 16.3. The monoisotopic (exact) mass is 529 g/mol. The third-order valence-electron chi connectivity index (χ3n) is 6.12. The van der Waals surface area contributed by atoms with Crippen molar-refractivity contribution in [3.8, 4) is 5.75 Å². The molecule has 0 unspecified atom stereocenters. The van der Waals surface area contributed by atoms with Crippen LogP contribution in [0.3, 0.4) is 0 Å². The zero-order chi connectivity index (χ0) is 28.0. The second kappa shape index (κ2) is 12.0. The van der Waals surface area contributed by atoms with E-state index in [1.165, 1.54) is 18.2 Å². The van der Waals surface area contributed by atoms with Gasteiger partial charge in [-0.05, 0) is 36.6 Å². The minimum absolute atomic E-state index is 0.105. The highest BCUT2D eigenvalue weighted by Crippen LogP contribution is 2.27. The predicted octanol–water partition coefficient (Wildman–Crippen LogP) is -0.224. The number of amides is 3. The number of nitro groups is 1. The molecule has 3 amide bonds. The lowest BCUT2D eigenvalue weighted by atomic mass is 10.0. The summed E-state index contributed by atoms with van der Waals surface area (Å²) in [6.45, 7) is -0.613. The summed E-state index contributed by atoms with van der Waals surface area (Å²) in [5.74, 6) is -4.19. The number of hydrogen-bond donors (Lipinski definition) is 6. The smallest absolute Gasteiger partial charge is 0.326 e. The molecule has 2 aromatic carbocycles. The van der Waals surface area contributed by atoms with Crippen molar-refractivity contribution in [1.29, 1.82) is 0 Å². The summed E-state index contributed by atoms with van der Waals surface area (Å²) in [7, 11) is 0. The van der Waals surface area contributed by atoms with Crippen molar-refractivity contribution in [3.05, 3.63) is 63.7 Å². The number of aliphatic hydroxyl groups is 1. The van der Waals surface area contributed by atoms with Gasteiger partial charge in [0, 0.05) is 24.7 Å². The number of nitrogens with one attached hydrogen (secondary N) is 2. The van der Waals surface area contributed by atoms with Gasteiger partial charge in [0.2, 0.25) is 11.8 Å². The number of carbonyl (C=O) groups is 4. The number of nitrogen functional groups attached to an aromatic ring is 1. The van der Waals surface area contributed by atoms with E-state index in [0.717, 1.165) is 17.0 Å². The van der Waals surface area contributed by atoms with Crippen molar-refractivity contribution in [2.24, 2.45) is 0 Å². The molecule has 0 bridgehead atoms. The Balaban J connectivity index is 1.71. The Hall–Kier alpha value is -4.72. The maximum absolute atomic E-state index is 13.1. The molecule has 1 aliphatic heterocycles. The fourth-order valence-electron chi connectivity index (χ4n) is 4.17. The Morgan fingerprint density at radius 1 is 1.13 bits per heavy atom. The largest absolute Gasteiger partial charge is 0.502 e. The summed E-state index contributed by atoms with van der Waals surface area (Å²) in [6, 6.07) is 5.59. The molecule has 2 aromatic rings. The summed E-state index contributed by atoms with van der Waals surface area (Å²) in [5, 5.41) is 44.8. The van der Waals surface area contributed by atoms with E-state index in [4.69, 9.17) is 5.73 Å². The van der Waals surface area contributed by atoms with E-state index in [9.17, 15) is 44.6 Å². The Kier molecular flexibility index (Phi) is 8.81. The molecule has 1 fully saturated rings. The summed E-state index contributed by atoms with van der Waals surface area (Å²) >= 11 is 0. The number of carbonyl (C=O) groups excluding carboxylic acids is 3. The number of nitrogens with two attached hydrogens (primary N) is 1. The summed E-state index contributed by atoms with van der Waals surface area (Å²) in [6.07, 6.45) is 0.312. The van der Waals surface area contributed by atoms with Crippen LogP contribution in [0.1, 0.15) is 28.8 Å². The lowest BCUT2D eigenvalue weighted by Gasteiger charge is -2.29. The van der Waals surface area contributed by atoms with Crippen LogP contribution in [0, 0.1) is 10.1 Å². The number of benzene rings is 2. The van der Waals surface area contributed by atoms with Crippen LogP contribution in [0.15, 0.2) is 42.5 Å². The third kappa shape index (κ3) is 6.34. The summed E-state index contributed by atoms with van der Waals surface area (Å²) < 4.78 is 0. The van der Waals surface area contributed by atoms with Gasteiger partial charge in [-0.15, -0.1) is 0 Å². The molecule has 14 nitrogen and oxygen atoms in total. The Bertz CT molecular complexity index is 1250. The van der Waals surface area contributed by atoms with Crippen LogP contribution in [-0.4, -0.2) is 80.1 Å². The second-order valence-electron chi connectivity index (χ2n) is 8.67. The van der Waals surface area contributed by atoms with Gasteiger partial charge in [-0.25, -0.2) is 4.79 Å². The third-order valence-corrected chi connectivity index (χ3v) is 6.12. The molecule has 0 radical (unpaired) electrons. The lowest BCUT2D eigenvalue weighted by molar-refractivity contribution is -0.385. The zero-order valence-electron chi connectivity index (χ0n) is 20.1. The molecule has 0 aliphatic carbocycles. The number of hydrogen-bond acceptors (Lipinski definition) is 9. The van der Waals surface area contributed by atoms with Crippen LogP contribution in [0.5, 0.6) is 5.75 Å². The van der Waals surface area contributed by atoms with Crippen molar-refractivity contribution >= 4 is 35.1 Å². The minimum Gasteiger partial charge on any atom is -0.502 e. The van der Waals surface area contributed by atoms with Gasteiger partial charge in [-0.1, -0.05) is 18.2 Å². The summed E-state index contributed by atoms with van der Waals surface area (Å²) in [4.78, 5) is 61.9. The van der Waals surface area contributed by atoms with E-state index in [0.29, 0.717) is 6.42 Å². The maximum Gasteiger partial charge on any atom is 0.326 e. The number of carboxylic acids is 1. The molecule has 38 heavy (non-hydrogen) atoms. The molecule has 1 saturated heterocycles. The molecule has 0 saturated carbocycles. The number of nitrogens with zero attached hydrogens (tertiary/aromatic N) is 2. The lowest BCUT2D eigenvalue weighted by Crippen LogP contribution is -2.56. The van der Waals surface area contributed by atoms with Crippen LogP contribution in [-0.2, 0) is 20.8 Å². The standard InChI is InChI=1S/C24H27N5O9/c25-15-5-2-1-4-14(15)21(32)27-17(12-30)23(34)28-9-3-6-18(28)22(33)26-16(24(35)36)10-13-7-8-20(31)19(11-13)29(37)38/h1-2,4-5,7-8,11,16-18,30-31H,3,6,9-10,12,25H2,(H,26,33)(H,27,32)(H,35,36)/t16-,17+,18-/m0/s1. The minimum atomic E-state index is -1.49. The van der Waals surface area contributed by atoms with Crippen molar-refractivity contribution < 1.29 is 39.4 Å². The van der Waals surface area contributed by atoms with Gasteiger partial charge < -0.3 is 36.6 Å². The molecule has 0 spiro atoms. The topological polar surface area (TPSA) is 225 Å². The number of phenols is 1. The number of aliphatic carboxylic acids is 1. The van der Waals surface area contributed by atoms with E-state index in [1.54, 1.807) is 12.1 Å². The number of anilines is 1. The molecule has 202 valence electrons. The van der Waals surface area contributed by atoms with Crippen molar-refractivity contribution in [1.82, 2.24) is 15.5 Å². The van der Waals surface area contributed by atoms with Crippen molar-refractivity contribution in [3.63, 3.8) is 0 Å². The predicted molar refractivity (Wildman–Crippen MR) is 132 cm³/mol. The first-order chi connectivity index (χ1) is 18.0. The van der Waals surface area contributed by atoms with Crippen LogP contribution < -0.4 is 16.4 Å². The SMILES string of the molecule is Nc1ccccc1C(=O)N[C@H](CO)C(=O)N1CCC[C@H]1C(=O)N[C@@H](Cc1ccc(O)c([N+](=O)[O-])c1)C(=O)O. The van der Waals surface area contributed by atoms with Gasteiger partial charge in [-0.3, -0.25) is 24.5 Å². The molecule has 3 rings (SSSR count). The number of likely N-dealkylation sites (tertiary alicyclic amines) is 1. The van der Waals surface area contributed by atoms with Gasteiger partial charge in [0.15, 0.2) is 5.75 Å². The number of para-hydroxylation sites is 1. The van der Waals surface area contributed by atoms with E-state index in [1.807, 2.05) is 0 Å². The van der Waals surface area contributed by atoms with Crippen LogP contribution in [0.4, 0.5) is 11.4 Å². The Labute approximate surface area is 216 Å². The highest BCUT2D eigenvalue weighted by molar-refractivity contribution is 6.02. The number of phenolic OH excluding ortho intramolecular Hbond substituents is 1. The highest BCUT2D eigenvalue weighted by atomic mass is 16.6. The fourth-order valence-corrected chi connectivity index (χ4v) is 4.17. The second-order valence-corrected chi connectivity index (χ2v) is 8.67. The number of aliphatic hydroxyl groups excluding tert-OH is 1. The fraction of sp³-hybridized carbons (Fsp3) is 0.333. The molecule has 7 N–H and O–H groups in total. The van der Waals surface area contributed by atoms with Gasteiger partial charge in [0.05, 0.1) is 17.1 Å². The molecule has 3 atom stereocenters. The number of nitro benzene ring substituents is 1. The van der Waals surface area contributed by atoms with Gasteiger partial charge in [0.1, 0.15) is 18.1 Å². The van der Waals surface area contributed by atoms with Crippen LogP contribution in [0.25, 0.3) is 0 Å². The van der Waals surface area contributed by atoms with Gasteiger partial charge >= 0.3 is 11.7 Å². The average molecular weight is 530 g/mol. The maximum atomic E-state index is 13.1. The average Bonchev–Trinajstić information content (AvgIpc) is 3.37. The quantitative estimate of drug-likeness (QED) is 0.135. The molecule has 1 aliphatic rings. The molecule has 14 heteroatoms. The number of carboxylic acid groups (broad SMARTS) is 1. The first kappa shape index (κ1) is 27.9. The van der Waals surface area contributed by atoms with Crippen molar-refractivity contribution in [2.75, 3.05) is 18.9 Å². The van der Waals surface area contributed by atoms with Crippen LogP contribution >= 0.6 is 0 Å². The first-order valence-corrected chi connectivity index (χ1v) is 11.6. The van der Waals surface area contributed by atoms with E-state index < -0.39 is 64.8 Å². The number of rotatable bonds is 10. The summed E-state index contributed by atoms with van der Waals surface area (Å²) in [5.41, 5.74) is 5.64. The Morgan fingerprint density at radius 3 is 2.47 bits per heavy atom. The molecule has 0 aromatic heterocycles. The van der Waals surface area contributed by atoms with E-state index in [-0.39, 0.29) is 36.2 Å². The molecular weight excluding hydrogens is 502 g/mol. The molecular formula is C24H27N5O9. The number of aromatic hydroxyl groups is 1. The highest BCUT2D eigenvalue weighted by Gasteiger charge is 2.39. The first-order valence-electron chi connectivity index (χ1n) is 11.6.